The average Bonchev–Trinajstić information content (AvgIpc) is 2.19. The van der Waals surface area contributed by atoms with Gasteiger partial charge in [-0.3, -0.25) is 4.90 Å². The molecule has 1 saturated heterocycles. The van der Waals surface area contributed by atoms with Gasteiger partial charge in [0.25, 0.3) is 0 Å². The average molecular weight is 210 g/mol. The van der Waals surface area contributed by atoms with Crippen LogP contribution in [0.15, 0.2) is 0 Å². The molecule has 0 atom stereocenters. The predicted molar refractivity (Wildman–Crippen MR) is 65.1 cm³/mol. The third-order valence-corrected chi connectivity index (χ3v) is 4.27. The summed E-state index contributed by atoms with van der Waals surface area (Å²) in [5, 5.41) is 3.58. The van der Waals surface area contributed by atoms with Gasteiger partial charge in [-0.1, -0.05) is 20.3 Å². The van der Waals surface area contributed by atoms with E-state index in [0.717, 1.165) is 24.5 Å². The summed E-state index contributed by atoms with van der Waals surface area (Å²) < 4.78 is 0. The van der Waals surface area contributed by atoms with Crippen molar-refractivity contribution in [1.82, 2.24) is 10.2 Å². The van der Waals surface area contributed by atoms with E-state index >= 15 is 0 Å². The molecule has 2 rings (SSSR count). The van der Waals surface area contributed by atoms with Crippen LogP contribution in [0.1, 0.15) is 46.0 Å². The summed E-state index contributed by atoms with van der Waals surface area (Å²) in [4.78, 5) is 2.72. The van der Waals surface area contributed by atoms with Crippen LogP contribution in [-0.2, 0) is 0 Å². The van der Waals surface area contributed by atoms with Crippen LogP contribution in [0.2, 0.25) is 0 Å². The van der Waals surface area contributed by atoms with Crippen molar-refractivity contribution in [1.29, 1.82) is 0 Å². The Balaban J connectivity index is 1.66. The Morgan fingerprint density at radius 3 is 2.27 bits per heavy atom. The summed E-state index contributed by atoms with van der Waals surface area (Å²) in [7, 11) is 0. The molecular formula is C13H26N2. The molecule has 0 unspecified atom stereocenters. The summed E-state index contributed by atoms with van der Waals surface area (Å²) in [6.45, 7) is 8.44. The maximum Gasteiger partial charge on any atom is 0.00966 e. The first-order valence-corrected chi connectivity index (χ1v) is 6.80. The normalized spacial score (nSPS) is 34.0. The Labute approximate surface area is 94.4 Å². The minimum absolute atomic E-state index is 0.814. The first-order chi connectivity index (χ1) is 7.33. The lowest BCUT2D eigenvalue weighted by Gasteiger charge is -2.46. The summed E-state index contributed by atoms with van der Waals surface area (Å²) in [6.07, 6.45) is 7.02. The monoisotopic (exact) mass is 210 g/mol. The van der Waals surface area contributed by atoms with E-state index in [1.54, 1.807) is 0 Å². The quantitative estimate of drug-likeness (QED) is 0.765. The third-order valence-electron chi connectivity index (χ3n) is 4.27. The second kappa shape index (κ2) is 5.31. The molecule has 2 fully saturated rings. The molecule has 0 radical (unpaired) electrons. The number of hydrogen-bond acceptors (Lipinski definition) is 2. The molecule has 2 heteroatoms. The molecule has 0 bridgehead atoms. The number of nitrogens with zero attached hydrogens (tertiary/aromatic N) is 1. The van der Waals surface area contributed by atoms with Crippen LogP contribution in [0.25, 0.3) is 0 Å². The number of likely N-dealkylation sites (tertiary alicyclic amines) is 1. The van der Waals surface area contributed by atoms with Crippen molar-refractivity contribution in [2.24, 2.45) is 5.92 Å². The minimum Gasteiger partial charge on any atom is -0.314 e. The van der Waals surface area contributed by atoms with Crippen LogP contribution in [0.4, 0.5) is 0 Å². The van der Waals surface area contributed by atoms with Crippen molar-refractivity contribution < 1.29 is 0 Å². The fourth-order valence-corrected chi connectivity index (χ4v) is 3.10. The summed E-state index contributed by atoms with van der Waals surface area (Å²) in [6, 6.07) is 1.73. The highest BCUT2D eigenvalue weighted by Gasteiger charge is 2.33. The zero-order chi connectivity index (χ0) is 10.7. The van der Waals surface area contributed by atoms with Crippen LogP contribution in [-0.4, -0.2) is 36.6 Å². The number of hydrogen-bond donors (Lipinski definition) is 1. The van der Waals surface area contributed by atoms with Gasteiger partial charge in [-0.25, -0.2) is 0 Å². The van der Waals surface area contributed by atoms with Gasteiger partial charge in [0.05, 0.1) is 0 Å². The Morgan fingerprint density at radius 1 is 1.07 bits per heavy atom. The van der Waals surface area contributed by atoms with Crippen molar-refractivity contribution in [3.8, 4) is 0 Å². The molecule has 2 aliphatic rings. The molecule has 1 aliphatic heterocycles. The highest BCUT2D eigenvalue weighted by atomic mass is 15.2. The molecule has 0 aromatic rings. The van der Waals surface area contributed by atoms with Gasteiger partial charge in [0.1, 0.15) is 0 Å². The van der Waals surface area contributed by atoms with Gasteiger partial charge in [-0.2, -0.15) is 0 Å². The maximum atomic E-state index is 3.58. The Morgan fingerprint density at radius 2 is 1.73 bits per heavy atom. The fraction of sp³-hybridized carbons (Fsp3) is 1.00. The van der Waals surface area contributed by atoms with E-state index in [2.05, 4.69) is 24.1 Å². The highest BCUT2D eigenvalue weighted by molar-refractivity contribution is 4.89. The van der Waals surface area contributed by atoms with Crippen LogP contribution < -0.4 is 5.32 Å². The molecule has 88 valence electrons. The molecular weight excluding hydrogens is 184 g/mol. The largest absolute Gasteiger partial charge is 0.314 e. The molecule has 1 aliphatic carbocycles. The summed E-state index contributed by atoms with van der Waals surface area (Å²) >= 11 is 0. The van der Waals surface area contributed by atoms with E-state index in [0.29, 0.717) is 0 Å². The van der Waals surface area contributed by atoms with Crippen molar-refractivity contribution in [2.75, 3.05) is 19.6 Å². The van der Waals surface area contributed by atoms with E-state index < -0.39 is 0 Å². The smallest absolute Gasteiger partial charge is 0.00966 e. The molecule has 0 amide bonds. The number of rotatable bonds is 4. The Hall–Kier alpha value is -0.0800. The highest BCUT2D eigenvalue weighted by Crippen LogP contribution is 2.29. The molecule has 2 nitrogen and oxygen atoms in total. The van der Waals surface area contributed by atoms with Crippen LogP contribution in [0.3, 0.4) is 0 Å². The van der Waals surface area contributed by atoms with E-state index in [1.165, 1.54) is 45.2 Å². The lowest BCUT2D eigenvalue weighted by Crippen LogP contribution is -2.53. The van der Waals surface area contributed by atoms with Crippen molar-refractivity contribution >= 4 is 0 Å². The molecule has 1 saturated carbocycles. The lowest BCUT2D eigenvalue weighted by atomic mass is 9.86. The molecule has 1 N–H and O–H groups in total. The van der Waals surface area contributed by atoms with Crippen molar-refractivity contribution in [3.05, 3.63) is 0 Å². The van der Waals surface area contributed by atoms with Gasteiger partial charge in [0.15, 0.2) is 0 Å². The van der Waals surface area contributed by atoms with E-state index in [4.69, 9.17) is 0 Å². The minimum atomic E-state index is 0.814. The summed E-state index contributed by atoms with van der Waals surface area (Å²) in [5.74, 6) is 1.01. The van der Waals surface area contributed by atoms with Gasteiger partial charge in [0.2, 0.25) is 0 Å². The van der Waals surface area contributed by atoms with Gasteiger partial charge in [0, 0.05) is 25.2 Å². The van der Waals surface area contributed by atoms with Crippen LogP contribution in [0, 0.1) is 5.92 Å². The fourth-order valence-electron chi connectivity index (χ4n) is 3.10. The maximum absolute atomic E-state index is 3.58. The molecule has 1 heterocycles. The van der Waals surface area contributed by atoms with E-state index in [1.807, 2.05) is 0 Å². The molecule has 0 aromatic carbocycles. The second-order valence-electron chi connectivity index (χ2n) is 5.29. The van der Waals surface area contributed by atoms with Crippen LogP contribution >= 0.6 is 0 Å². The molecule has 0 aromatic heterocycles. The van der Waals surface area contributed by atoms with Crippen molar-refractivity contribution in [2.45, 2.75) is 58.0 Å². The Bertz CT molecular complexity index is 179. The Kier molecular flexibility index (Phi) is 4.04. The third kappa shape index (κ3) is 2.73. The first kappa shape index (κ1) is 11.4. The van der Waals surface area contributed by atoms with Gasteiger partial charge >= 0.3 is 0 Å². The van der Waals surface area contributed by atoms with Gasteiger partial charge in [-0.15, -0.1) is 0 Å². The molecule has 0 spiro atoms. The predicted octanol–water partition coefficient (Wildman–Crippen LogP) is 2.25. The van der Waals surface area contributed by atoms with Gasteiger partial charge < -0.3 is 5.32 Å². The number of nitrogens with one attached hydrogen (secondary N) is 1. The van der Waals surface area contributed by atoms with Crippen molar-refractivity contribution in [3.63, 3.8) is 0 Å². The van der Waals surface area contributed by atoms with Crippen LogP contribution in [0.5, 0.6) is 0 Å². The van der Waals surface area contributed by atoms with E-state index in [9.17, 15) is 0 Å². The first-order valence-electron chi connectivity index (χ1n) is 6.80. The zero-order valence-electron chi connectivity index (χ0n) is 10.3. The molecule has 15 heavy (non-hydrogen) atoms. The van der Waals surface area contributed by atoms with Gasteiger partial charge in [-0.05, 0) is 38.1 Å². The standard InChI is InChI=1S/C13H26N2/c1-3-11-9-15(10-11)13-7-5-12(6-8-13)14-4-2/h11-14H,3-10H2,1-2H3. The second-order valence-corrected chi connectivity index (χ2v) is 5.29. The lowest BCUT2D eigenvalue weighted by molar-refractivity contribution is 0.0296. The topological polar surface area (TPSA) is 15.3 Å². The zero-order valence-corrected chi connectivity index (χ0v) is 10.3. The SMILES string of the molecule is CCNC1CCC(N2CC(CC)C2)CC1. The summed E-state index contributed by atoms with van der Waals surface area (Å²) in [5.41, 5.74) is 0. The van der Waals surface area contributed by atoms with E-state index in [-0.39, 0.29) is 0 Å².